The van der Waals surface area contributed by atoms with Crippen molar-refractivity contribution in [1.29, 1.82) is 5.26 Å². The van der Waals surface area contributed by atoms with E-state index in [-0.39, 0.29) is 6.04 Å². The molecule has 110 valence electrons. The Bertz CT molecular complexity index is 571. The SMILES string of the molecule is CC(NCCOc1ccc(C#N)cc1)C(C)n1cccn1. The molecule has 0 aliphatic rings. The average Bonchev–Trinajstić information content (AvgIpc) is 3.05. The molecule has 1 N–H and O–H groups in total. The van der Waals surface area contributed by atoms with Gasteiger partial charge in [-0.15, -0.1) is 0 Å². The molecule has 0 saturated heterocycles. The summed E-state index contributed by atoms with van der Waals surface area (Å²) in [4.78, 5) is 0. The van der Waals surface area contributed by atoms with Crippen LogP contribution in [0.2, 0.25) is 0 Å². The molecule has 0 fully saturated rings. The van der Waals surface area contributed by atoms with E-state index >= 15 is 0 Å². The van der Waals surface area contributed by atoms with Crippen LogP contribution in [0.3, 0.4) is 0 Å². The predicted octanol–water partition coefficient (Wildman–Crippen LogP) is 2.37. The van der Waals surface area contributed by atoms with Crippen molar-refractivity contribution < 1.29 is 4.74 Å². The number of nitrogens with zero attached hydrogens (tertiary/aromatic N) is 3. The molecule has 2 rings (SSSR count). The largest absolute Gasteiger partial charge is 0.492 e. The highest BCUT2D eigenvalue weighted by molar-refractivity contribution is 5.34. The van der Waals surface area contributed by atoms with Gasteiger partial charge in [0.1, 0.15) is 12.4 Å². The van der Waals surface area contributed by atoms with E-state index in [1.807, 2.05) is 29.1 Å². The summed E-state index contributed by atoms with van der Waals surface area (Å²) in [5.74, 6) is 0.781. The number of nitrogens with one attached hydrogen (secondary N) is 1. The lowest BCUT2D eigenvalue weighted by Gasteiger charge is -2.21. The van der Waals surface area contributed by atoms with Crippen molar-refractivity contribution in [1.82, 2.24) is 15.1 Å². The minimum Gasteiger partial charge on any atom is -0.492 e. The standard InChI is InChI=1S/C16H20N4O/c1-13(14(2)20-10-3-8-19-20)18-9-11-21-16-6-4-15(12-17)5-7-16/h3-8,10,13-14,18H,9,11H2,1-2H3. The maximum absolute atomic E-state index is 8.73. The van der Waals surface area contributed by atoms with Crippen molar-refractivity contribution in [3.8, 4) is 11.8 Å². The Balaban J connectivity index is 1.70. The van der Waals surface area contributed by atoms with E-state index in [0.29, 0.717) is 18.2 Å². The quantitative estimate of drug-likeness (QED) is 0.793. The molecular weight excluding hydrogens is 264 g/mol. The fraction of sp³-hybridized carbons (Fsp3) is 0.375. The second-order valence-corrected chi connectivity index (χ2v) is 4.95. The van der Waals surface area contributed by atoms with Crippen LogP contribution in [0.1, 0.15) is 25.5 Å². The Labute approximate surface area is 125 Å². The van der Waals surface area contributed by atoms with Gasteiger partial charge in [0.2, 0.25) is 0 Å². The van der Waals surface area contributed by atoms with E-state index in [0.717, 1.165) is 12.3 Å². The van der Waals surface area contributed by atoms with E-state index in [4.69, 9.17) is 10.00 Å². The monoisotopic (exact) mass is 284 g/mol. The third-order valence-electron chi connectivity index (χ3n) is 3.49. The van der Waals surface area contributed by atoms with Crippen LogP contribution in [0.15, 0.2) is 42.7 Å². The van der Waals surface area contributed by atoms with E-state index in [2.05, 4.69) is 30.3 Å². The third kappa shape index (κ3) is 4.33. The van der Waals surface area contributed by atoms with Gasteiger partial charge >= 0.3 is 0 Å². The van der Waals surface area contributed by atoms with Crippen LogP contribution in [0, 0.1) is 11.3 Å². The average molecular weight is 284 g/mol. The summed E-state index contributed by atoms with van der Waals surface area (Å²) in [6.07, 6.45) is 3.76. The van der Waals surface area contributed by atoms with Gasteiger partial charge in [0.15, 0.2) is 0 Å². The van der Waals surface area contributed by atoms with Crippen LogP contribution in [0.25, 0.3) is 0 Å². The van der Waals surface area contributed by atoms with E-state index < -0.39 is 0 Å². The lowest BCUT2D eigenvalue weighted by atomic mass is 10.2. The van der Waals surface area contributed by atoms with Crippen molar-refractivity contribution >= 4 is 0 Å². The Kier molecular flexibility index (Phi) is 5.35. The molecule has 0 amide bonds. The Morgan fingerprint density at radius 1 is 1.33 bits per heavy atom. The minimum atomic E-state index is 0.287. The van der Waals surface area contributed by atoms with Gasteiger partial charge in [0.05, 0.1) is 17.7 Å². The topological polar surface area (TPSA) is 62.9 Å². The molecule has 0 aliphatic heterocycles. The van der Waals surface area contributed by atoms with Gasteiger partial charge in [-0.3, -0.25) is 4.68 Å². The van der Waals surface area contributed by atoms with Gasteiger partial charge in [-0.25, -0.2) is 0 Å². The van der Waals surface area contributed by atoms with Crippen molar-refractivity contribution in [2.45, 2.75) is 25.9 Å². The van der Waals surface area contributed by atoms with Crippen molar-refractivity contribution in [3.63, 3.8) is 0 Å². The summed E-state index contributed by atoms with van der Waals surface area (Å²) >= 11 is 0. The molecule has 2 unspecified atom stereocenters. The first kappa shape index (κ1) is 15.1. The number of hydrogen-bond donors (Lipinski definition) is 1. The second-order valence-electron chi connectivity index (χ2n) is 4.95. The van der Waals surface area contributed by atoms with Crippen molar-refractivity contribution in [2.24, 2.45) is 0 Å². The van der Waals surface area contributed by atoms with Gasteiger partial charge < -0.3 is 10.1 Å². The van der Waals surface area contributed by atoms with Gasteiger partial charge in [-0.1, -0.05) is 0 Å². The lowest BCUT2D eigenvalue weighted by Crippen LogP contribution is -2.36. The van der Waals surface area contributed by atoms with Crippen LogP contribution in [0.5, 0.6) is 5.75 Å². The van der Waals surface area contributed by atoms with Crippen LogP contribution >= 0.6 is 0 Å². The first-order chi connectivity index (χ1) is 10.2. The number of rotatable bonds is 7. The molecule has 0 radical (unpaired) electrons. The smallest absolute Gasteiger partial charge is 0.119 e. The van der Waals surface area contributed by atoms with Crippen molar-refractivity contribution in [3.05, 3.63) is 48.3 Å². The maximum atomic E-state index is 8.73. The molecule has 1 aromatic heterocycles. The fourth-order valence-corrected chi connectivity index (χ4v) is 2.00. The zero-order valence-electron chi connectivity index (χ0n) is 12.4. The van der Waals surface area contributed by atoms with Crippen LogP contribution in [0.4, 0.5) is 0 Å². The molecule has 21 heavy (non-hydrogen) atoms. The fourth-order valence-electron chi connectivity index (χ4n) is 2.00. The van der Waals surface area contributed by atoms with Crippen LogP contribution < -0.4 is 10.1 Å². The number of ether oxygens (including phenoxy) is 1. The normalized spacial score (nSPS) is 13.4. The number of benzene rings is 1. The van der Waals surface area contributed by atoms with E-state index in [1.165, 1.54) is 0 Å². The van der Waals surface area contributed by atoms with Crippen LogP contribution in [-0.2, 0) is 0 Å². The summed E-state index contributed by atoms with van der Waals surface area (Å²) in [7, 11) is 0. The highest BCUT2D eigenvalue weighted by atomic mass is 16.5. The van der Waals surface area contributed by atoms with E-state index in [9.17, 15) is 0 Å². The zero-order valence-corrected chi connectivity index (χ0v) is 12.4. The minimum absolute atomic E-state index is 0.287. The molecule has 0 aliphatic carbocycles. The summed E-state index contributed by atoms with van der Waals surface area (Å²) in [6, 6.07) is 11.7. The molecule has 2 atom stereocenters. The van der Waals surface area contributed by atoms with Gasteiger partial charge in [-0.05, 0) is 44.2 Å². The maximum Gasteiger partial charge on any atom is 0.119 e. The number of hydrogen-bond acceptors (Lipinski definition) is 4. The Morgan fingerprint density at radius 2 is 2.10 bits per heavy atom. The summed E-state index contributed by atoms with van der Waals surface area (Å²) in [6.45, 7) is 5.61. The van der Waals surface area contributed by atoms with E-state index in [1.54, 1.807) is 18.3 Å². The molecule has 1 aromatic carbocycles. The first-order valence-electron chi connectivity index (χ1n) is 7.06. The molecule has 2 aromatic rings. The molecule has 0 spiro atoms. The highest BCUT2D eigenvalue weighted by Crippen LogP contribution is 2.11. The Morgan fingerprint density at radius 3 is 2.71 bits per heavy atom. The second kappa shape index (κ2) is 7.46. The summed E-state index contributed by atoms with van der Waals surface area (Å²) < 4.78 is 7.58. The molecule has 1 heterocycles. The lowest BCUT2D eigenvalue weighted by molar-refractivity contribution is 0.289. The van der Waals surface area contributed by atoms with Gasteiger partial charge in [0.25, 0.3) is 0 Å². The number of nitriles is 1. The highest BCUT2D eigenvalue weighted by Gasteiger charge is 2.12. The van der Waals surface area contributed by atoms with Crippen molar-refractivity contribution in [2.75, 3.05) is 13.2 Å². The van der Waals surface area contributed by atoms with Crippen LogP contribution in [-0.4, -0.2) is 29.0 Å². The number of aromatic nitrogens is 2. The Hall–Kier alpha value is -2.32. The van der Waals surface area contributed by atoms with Gasteiger partial charge in [-0.2, -0.15) is 10.4 Å². The third-order valence-corrected chi connectivity index (χ3v) is 3.49. The molecule has 5 heteroatoms. The molecule has 5 nitrogen and oxygen atoms in total. The summed E-state index contributed by atoms with van der Waals surface area (Å²) in [5, 5.41) is 16.4. The predicted molar refractivity (Wildman–Crippen MR) is 81.1 cm³/mol. The first-order valence-corrected chi connectivity index (χ1v) is 7.06. The molecule has 0 bridgehead atoms. The molecular formula is C16H20N4O. The van der Waals surface area contributed by atoms with Gasteiger partial charge in [0, 0.05) is 25.0 Å². The summed E-state index contributed by atoms with van der Waals surface area (Å²) in [5.41, 5.74) is 0.641. The zero-order chi connectivity index (χ0) is 15.1. The molecule has 0 saturated carbocycles.